The van der Waals surface area contributed by atoms with Gasteiger partial charge in [0.2, 0.25) is 0 Å². The van der Waals surface area contributed by atoms with E-state index in [9.17, 15) is 9.18 Å². The standard InChI is InChI=1S/C14H19FO/c1-9(13(15)16)5-14-6-10-2-11(7-14)4-12(3-10)8-14/h5,10-12H,2-4,6-8H2,1H3. The quantitative estimate of drug-likeness (QED) is 0.515. The summed E-state index contributed by atoms with van der Waals surface area (Å²) in [6.07, 6.45) is 9.72. The van der Waals surface area contributed by atoms with Crippen LogP contribution in [0.3, 0.4) is 0 Å². The highest BCUT2D eigenvalue weighted by atomic mass is 19.1. The van der Waals surface area contributed by atoms with E-state index >= 15 is 0 Å². The molecule has 0 aromatic rings. The summed E-state index contributed by atoms with van der Waals surface area (Å²) in [5.74, 6) is 2.56. The fourth-order valence-electron chi connectivity index (χ4n) is 4.87. The molecule has 0 spiro atoms. The van der Waals surface area contributed by atoms with Crippen molar-refractivity contribution in [3.05, 3.63) is 11.6 Å². The van der Waals surface area contributed by atoms with Gasteiger partial charge in [-0.15, -0.1) is 0 Å². The van der Waals surface area contributed by atoms with E-state index < -0.39 is 6.04 Å². The lowest BCUT2D eigenvalue weighted by atomic mass is 9.49. The first-order valence-corrected chi connectivity index (χ1v) is 6.46. The molecule has 0 aromatic heterocycles. The van der Waals surface area contributed by atoms with Crippen molar-refractivity contribution >= 4 is 6.04 Å². The highest BCUT2D eigenvalue weighted by Gasteiger charge is 2.49. The molecular formula is C14H19FO. The fraction of sp³-hybridized carbons (Fsp3) is 0.786. The van der Waals surface area contributed by atoms with Crippen LogP contribution in [0.25, 0.3) is 0 Å². The molecule has 0 amide bonds. The summed E-state index contributed by atoms with van der Waals surface area (Å²) < 4.78 is 12.7. The molecule has 4 fully saturated rings. The van der Waals surface area contributed by atoms with Crippen LogP contribution in [0.15, 0.2) is 11.6 Å². The minimum Gasteiger partial charge on any atom is -0.256 e. The van der Waals surface area contributed by atoms with Gasteiger partial charge in [0.15, 0.2) is 0 Å². The van der Waals surface area contributed by atoms with Crippen LogP contribution < -0.4 is 0 Å². The lowest BCUT2D eigenvalue weighted by molar-refractivity contribution is -0.125. The molecule has 4 saturated carbocycles. The molecule has 16 heavy (non-hydrogen) atoms. The Morgan fingerprint density at radius 3 is 1.94 bits per heavy atom. The summed E-state index contributed by atoms with van der Waals surface area (Å²) in [6, 6.07) is -1.24. The zero-order valence-electron chi connectivity index (χ0n) is 9.84. The third kappa shape index (κ3) is 1.63. The van der Waals surface area contributed by atoms with E-state index in [0.29, 0.717) is 5.57 Å². The smallest absolute Gasteiger partial charge is 0.256 e. The Balaban J connectivity index is 1.89. The van der Waals surface area contributed by atoms with Gasteiger partial charge in [0, 0.05) is 5.57 Å². The second kappa shape index (κ2) is 3.41. The molecule has 4 aliphatic carbocycles. The third-order valence-electron chi connectivity index (χ3n) is 4.92. The summed E-state index contributed by atoms with van der Waals surface area (Å²) in [4.78, 5) is 10.7. The normalized spacial score (nSPS) is 46.1. The van der Waals surface area contributed by atoms with Gasteiger partial charge in [0.1, 0.15) is 0 Å². The molecule has 0 heterocycles. The Bertz CT molecular complexity index is 320. The molecule has 0 aromatic carbocycles. The van der Waals surface area contributed by atoms with Gasteiger partial charge in [-0.05, 0) is 68.6 Å². The van der Waals surface area contributed by atoms with Crippen LogP contribution in [-0.2, 0) is 4.79 Å². The summed E-state index contributed by atoms with van der Waals surface area (Å²) in [7, 11) is 0. The lowest BCUT2D eigenvalue weighted by Gasteiger charge is -2.56. The van der Waals surface area contributed by atoms with E-state index in [2.05, 4.69) is 0 Å². The summed E-state index contributed by atoms with van der Waals surface area (Å²) in [6.45, 7) is 1.63. The van der Waals surface area contributed by atoms with Crippen molar-refractivity contribution in [3.8, 4) is 0 Å². The van der Waals surface area contributed by atoms with Crippen LogP contribution in [0.1, 0.15) is 45.4 Å². The van der Waals surface area contributed by atoms with Gasteiger partial charge in [-0.25, -0.2) is 0 Å². The number of carbonyl (C=O) groups is 1. The van der Waals surface area contributed by atoms with Crippen molar-refractivity contribution in [2.45, 2.75) is 45.4 Å². The number of carbonyl (C=O) groups excluding carboxylic acids is 1. The van der Waals surface area contributed by atoms with Crippen molar-refractivity contribution in [2.75, 3.05) is 0 Å². The number of rotatable bonds is 2. The van der Waals surface area contributed by atoms with Crippen LogP contribution in [0.2, 0.25) is 0 Å². The highest BCUT2D eigenvalue weighted by Crippen LogP contribution is 2.60. The van der Waals surface area contributed by atoms with E-state index in [4.69, 9.17) is 0 Å². The first-order chi connectivity index (χ1) is 7.56. The van der Waals surface area contributed by atoms with E-state index in [1.807, 2.05) is 6.08 Å². The molecular weight excluding hydrogens is 203 g/mol. The highest BCUT2D eigenvalue weighted by molar-refractivity contribution is 5.86. The molecule has 0 radical (unpaired) electrons. The summed E-state index contributed by atoms with van der Waals surface area (Å²) in [5.41, 5.74) is 0.516. The predicted octanol–water partition coefficient (Wildman–Crippen LogP) is 3.65. The Kier molecular flexibility index (Phi) is 2.24. The van der Waals surface area contributed by atoms with Gasteiger partial charge in [0.05, 0.1) is 0 Å². The van der Waals surface area contributed by atoms with E-state index in [-0.39, 0.29) is 5.41 Å². The molecule has 1 nitrogen and oxygen atoms in total. The van der Waals surface area contributed by atoms with Crippen LogP contribution >= 0.6 is 0 Å². The number of allylic oxidation sites excluding steroid dienone is 2. The lowest BCUT2D eigenvalue weighted by Crippen LogP contribution is -2.45. The zero-order chi connectivity index (χ0) is 11.3. The van der Waals surface area contributed by atoms with Crippen molar-refractivity contribution in [3.63, 3.8) is 0 Å². The number of hydrogen-bond donors (Lipinski definition) is 0. The van der Waals surface area contributed by atoms with Crippen molar-refractivity contribution < 1.29 is 9.18 Å². The predicted molar refractivity (Wildman–Crippen MR) is 60.5 cm³/mol. The average Bonchev–Trinajstić information content (AvgIpc) is 2.13. The SMILES string of the molecule is CC(=CC12CC3CC(CC(C3)C1)C2)C(=O)F. The van der Waals surface area contributed by atoms with Crippen molar-refractivity contribution in [1.29, 1.82) is 0 Å². The van der Waals surface area contributed by atoms with Crippen LogP contribution in [-0.4, -0.2) is 6.04 Å². The molecule has 4 rings (SSSR count). The van der Waals surface area contributed by atoms with E-state index in [1.165, 1.54) is 38.5 Å². The second-order valence-corrected chi connectivity index (χ2v) is 6.38. The Morgan fingerprint density at radius 2 is 1.56 bits per heavy atom. The first-order valence-electron chi connectivity index (χ1n) is 6.46. The van der Waals surface area contributed by atoms with Gasteiger partial charge in [-0.2, -0.15) is 4.39 Å². The van der Waals surface area contributed by atoms with Crippen LogP contribution in [0.4, 0.5) is 4.39 Å². The Hall–Kier alpha value is -0.660. The van der Waals surface area contributed by atoms with Crippen LogP contribution in [0.5, 0.6) is 0 Å². The van der Waals surface area contributed by atoms with Gasteiger partial charge >= 0.3 is 6.04 Å². The molecule has 88 valence electrons. The van der Waals surface area contributed by atoms with Gasteiger partial charge in [-0.1, -0.05) is 6.08 Å². The molecule has 0 N–H and O–H groups in total. The zero-order valence-corrected chi connectivity index (χ0v) is 9.84. The topological polar surface area (TPSA) is 17.1 Å². The minimum atomic E-state index is -1.24. The molecule has 4 aliphatic rings. The maximum atomic E-state index is 12.7. The Morgan fingerprint density at radius 1 is 1.12 bits per heavy atom. The summed E-state index contributed by atoms with van der Waals surface area (Å²) in [5, 5.41) is 0. The first kappa shape index (κ1) is 10.5. The summed E-state index contributed by atoms with van der Waals surface area (Å²) >= 11 is 0. The number of hydrogen-bond acceptors (Lipinski definition) is 1. The molecule has 0 atom stereocenters. The molecule has 4 bridgehead atoms. The number of halogens is 1. The maximum Gasteiger partial charge on any atom is 0.327 e. The molecule has 0 saturated heterocycles. The molecule has 0 unspecified atom stereocenters. The average molecular weight is 222 g/mol. The Labute approximate surface area is 96.1 Å². The second-order valence-electron chi connectivity index (χ2n) is 6.38. The largest absolute Gasteiger partial charge is 0.327 e. The van der Waals surface area contributed by atoms with E-state index in [1.54, 1.807) is 6.92 Å². The third-order valence-corrected chi connectivity index (χ3v) is 4.92. The van der Waals surface area contributed by atoms with Crippen molar-refractivity contribution in [2.24, 2.45) is 23.2 Å². The van der Waals surface area contributed by atoms with Gasteiger partial charge in [0.25, 0.3) is 0 Å². The van der Waals surface area contributed by atoms with Gasteiger partial charge < -0.3 is 0 Å². The van der Waals surface area contributed by atoms with Crippen LogP contribution in [0, 0.1) is 23.2 Å². The van der Waals surface area contributed by atoms with E-state index in [0.717, 1.165) is 17.8 Å². The molecule has 2 heteroatoms. The maximum absolute atomic E-state index is 12.7. The minimum absolute atomic E-state index is 0.181. The van der Waals surface area contributed by atoms with Gasteiger partial charge in [-0.3, -0.25) is 4.79 Å². The van der Waals surface area contributed by atoms with Crippen molar-refractivity contribution in [1.82, 2.24) is 0 Å². The molecule has 0 aliphatic heterocycles. The fourth-order valence-corrected chi connectivity index (χ4v) is 4.87. The monoisotopic (exact) mass is 222 g/mol.